The minimum Gasteiger partial charge on any atom is -0.461 e. The Hall–Kier alpha value is -1.58. The molecule has 0 aromatic carbocycles. The number of rotatable bonds is 5. The van der Waals surface area contributed by atoms with Crippen LogP contribution in [-0.2, 0) is 0 Å². The highest BCUT2D eigenvalue weighted by atomic mass is 16.6. The first-order valence-corrected chi connectivity index (χ1v) is 6.42. The minimum atomic E-state index is -0.318. The molecule has 1 aromatic rings. The third kappa shape index (κ3) is 3.00. The predicted molar refractivity (Wildman–Crippen MR) is 69.7 cm³/mol. The summed E-state index contributed by atoms with van der Waals surface area (Å²) in [5.74, 6) is 3.01. The number of nitro groups is 1. The van der Waals surface area contributed by atoms with Crippen molar-refractivity contribution >= 4 is 6.08 Å². The van der Waals surface area contributed by atoms with E-state index < -0.39 is 0 Å². The summed E-state index contributed by atoms with van der Waals surface area (Å²) in [5, 5.41) is 10.9. The maximum absolute atomic E-state index is 10.9. The van der Waals surface area contributed by atoms with Crippen LogP contribution >= 0.6 is 0 Å². The van der Waals surface area contributed by atoms with Gasteiger partial charge in [0.25, 0.3) is 0 Å². The molecule has 2 rings (SSSR count). The second-order valence-electron chi connectivity index (χ2n) is 5.55. The summed E-state index contributed by atoms with van der Waals surface area (Å²) < 4.78 is 5.66. The van der Waals surface area contributed by atoms with Crippen LogP contribution in [0, 0.1) is 22.0 Å². The molecule has 0 saturated heterocycles. The van der Waals surface area contributed by atoms with Crippen molar-refractivity contribution < 1.29 is 9.34 Å². The molecule has 1 aliphatic carbocycles. The van der Waals surface area contributed by atoms with Crippen LogP contribution in [0.5, 0.6) is 0 Å². The van der Waals surface area contributed by atoms with Crippen molar-refractivity contribution in [2.45, 2.75) is 39.5 Å². The smallest absolute Gasteiger partial charge is 0.250 e. The number of nitrogens with zero attached hydrogens (tertiary/aromatic N) is 1. The predicted octanol–water partition coefficient (Wildman–Crippen LogP) is 4.07. The van der Waals surface area contributed by atoms with Crippen LogP contribution in [0.1, 0.15) is 51.1 Å². The Kier molecular flexibility index (Phi) is 3.55. The molecule has 2 unspecified atom stereocenters. The van der Waals surface area contributed by atoms with Crippen molar-refractivity contribution in [3.8, 4) is 0 Å². The highest BCUT2D eigenvalue weighted by Gasteiger charge is 2.36. The fourth-order valence-electron chi connectivity index (χ4n) is 2.13. The first-order chi connectivity index (χ1) is 8.47. The van der Waals surface area contributed by atoms with Crippen LogP contribution in [0.3, 0.4) is 0 Å². The molecule has 1 aromatic heterocycles. The van der Waals surface area contributed by atoms with Crippen molar-refractivity contribution in [3.05, 3.63) is 39.5 Å². The van der Waals surface area contributed by atoms with Gasteiger partial charge in [0.2, 0.25) is 5.70 Å². The number of hydrogen-bond acceptors (Lipinski definition) is 3. The first kappa shape index (κ1) is 12.9. The molecule has 1 saturated carbocycles. The fraction of sp³-hybridized carbons (Fsp3) is 0.571. The van der Waals surface area contributed by atoms with Crippen molar-refractivity contribution in [2.75, 3.05) is 0 Å². The maximum Gasteiger partial charge on any atom is 0.250 e. The lowest BCUT2D eigenvalue weighted by Crippen LogP contribution is -2.02. The summed E-state index contributed by atoms with van der Waals surface area (Å²) in [5.41, 5.74) is 0.217. The van der Waals surface area contributed by atoms with E-state index >= 15 is 0 Å². The fourth-order valence-corrected chi connectivity index (χ4v) is 2.13. The zero-order valence-electron chi connectivity index (χ0n) is 11.1. The summed E-state index contributed by atoms with van der Waals surface area (Å²) in [6, 6.07) is 3.76. The molecule has 4 nitrogen and oxygen atoms in total. The van der Waals surface area contributed by atoms with Gasteiger partial charge in [-0.15, -0.1) is 0 Å². The van der Waals surface area contributed by atoms with E-state index in [1.54, 1.807) is 6.08 Å². The average Bonchev–Trinajstić information content (AvgIpc) is 2.83. The first-order valence-electron chi connectivity index (χ1n) is 6.42. The highest BCUT2D eigenvalue weighted by molar-refractivity contribution is 5.45. The van der Waals surface area contributed by atoms with Gasteiger partial charge in [0, 0.05) is 12.3 Å². The van der Waals surface area contributed by atoms with Crippen molar-refractivity contribution in [2.24, 2.45) is 11.8 Å². The minimum absolute atomic E-state index is 0.217. The van der Waals surface area contributed by atoms with Crippen molar-refractivity contribution in [3.63, 3.8) is 0 Å². The zero-order chi connectivity index (χ0) is 13.3. The van der Waals surface area contributed by atoms with Gasteiger partial charge in [-0.3, -0.25) is 10.1 Å². The molecule has 0 spiro atoms. The number of furan rings is 1. The molecule has 1 heterocycles. The largest absolute Gasteiger partial charge is 0.461 e. The summed E-state index contributed by atoms with van der Waals surface area (Å²) in [4.78, 5) is 10.6. The molecule has 18 heavy (non-hydrogen) atoms. The monoisotopic (exact) mass is 249 g/mol. The van der Waals surface area contributed by atoms with Gasteiger partial charge in [-0.25, -0.2) is 0 Å². The van der Waals surface area contributed by atoms with Gasteiger partial charge < -0.3 is 4.42 Å². The van der Waals surface area contributed by atoms with E-state index in [-0.39, 0.29) is 16.5 Å². The quantitative estimate of drug-likeness (QED) is 0.584. The van der Waals surface area contributed by atoms with Crippen LogP contribution in [0.25, 0.3) is 6.08 Å². The van der Waals surface area contributed by atoms with E-state index in [1.165, 1.54) is 0 Å². The number of hydrogen-bond donors (Lipinski definition) is 0. The van der Waals surface area contributed by atoms with E-state index in [2.05, 4.69) is 6.92 Å². The van der Waals surface area contributed by atoms with Crippen LogP contribution in [0.2, 0.25) is 0 Å². The topological polar surface area (TPSA) is 56.3 Å². The summed E-state index contributed by atoms with van der Waals surface area (Å²) in [7, 11) is 0. The van der Waals surface area contributed by atoms with Gasteiger partial charge in [-0.1, -0.05) is 20.8 Å². The van der Waals surface area contributed by atoms with Crippen molar-refractivity contribution in [1.82, 2.24) is 0 Å². The molecule has 0 N–H and O–H groups in total. The molecule has 0 aliphatic heterocycles. The van der Waals surface area contributed by atoms with Crippen LogP contribution in [0.15, 0.2) is 22.2 Å². The Labute approximate surface area is 107 Å². The lowest BCUT2D eigenvalue weighted by atomic mass is 10.1. The Morgan fingerprint density at radius 2 is 2.28 bits per heavy atom. The molecule has 0 bridgehead atoms. The maximum atomic E-state index is 10.9. The Balaban J connectivity index is 2.14. The van der Waals surface area contributed by atoms with E-state index in [9.17, 15) is 10.1 Å². The Morgan fingerprint density at radius 1 is 1.61 bits per heavy atom. The Bertz CT molecular complexity index is 473. The van der Waals surface area contributed by atoms with E-state index in [4.69, 9.17) is 4.42 Å². The molecular weight excluding hydrogens is 230 g/mol. The highest BCUT2D eigenvalue weighted by Crippen LogP contribution is 2.47. The second-order valence-corrected chi connectivity index (χ2v) is 5.55. The molecule has 1 aliphatic rings. The average molecular weight is 249 g/mol. The van der Waals surface area contributed by atoms with Crippen molar-refractivity contribution in [1.29, 1.82) is 0 Å². The van der Waals surface area contributed by atoms with Gasteiger partial charge in [-0.05, 0) is 30.4 Å². The van der Waals surface area contributed by atoms with E-state index in [0.29, 0.717) is 24.0 Å². The third-order valence-corrected chi connectivity index (χ3v) is 3.28. The van der Waals surface area contributed by atoms with E-state index in [1.807, 2.05) is 26.0 Å². The zero-order valence-corrected chi connectivity index (χ0v) is 11.1. The van der Waals surface area contributed by atoms with Gasteiger partial charge in [0.1, 0.15) is 11.5 Å². The molecule has 98 valence electrons. The van der Waals surface area contributed by atoms with Gasteiger partial charge in [0.15, 0.2) is 0 Å². The van der Waals surface area contributed by atoms with Crippen LogP contribution < -0.4 is 0 Å². The lowest BCUT2D eigenvalue weighted by Gasteiger charge is -2.01. The Morgan fingerprint density at radius 3 is 2.78 bits per heavy atom. The molecule has 1 fully saturated rings. The van der Waals surface area contributed by atoms with Crippen LogP contribution in [0.4, 0.5) is 0 Å². The normalized spacial score (nSPS) is 23.4. The summed E-state index contributed by atoms with van der Waals surface area (Å²) >= 11 is 0. The lowest BCUT2D eigenvalue weighted by molar-refractivity contribution is -0.427. The molecule has 0 amide bonds. The molecule has 2 atom stereocenters. The van der Waals surface area contributed by atoms with Gasteiger partial charge >= 0.3 is 0 Å². The SMILES string of the molecule is CC(C)CC(=Cc1ccc(C2CC2C)o1)[N+](=O)[O-]. The summed E-state index contributed by atoms with van der Waals surface area (Å²) in [6.07, 6.45) is 3.17. The van der Waals surface area contributed by atoms with E-state index in [0.717, 1.165) is 12.2 Å². The standard InChI is InChI=1S/C14H19NO3/c1-9(2)6-11(15(16)17)8-12-4-5-14(18-12)13-7-10(13)3/h4-5,8-10,13H,6-7H2,1-3H3. The van der Waals surface area contributed by atoms with Crippen LogP contribution in [-0.4, -0.2) is 4.92 Å². The van der Waals surface area contributed by atoms with Gasteiger partial charge in [0.05, 0.1) is 11.0 Å². The second kappa shape index (κ2) is 4.96. The molecule has 0 radical (unpaired) electrons. The van der Waals surface area contributed by atoms with Gasteiger partial charge in [-0.2, -0.15) is 0 Å². The molecule has 4 heteroatoms. The number of allylic oxidation sites excluding steroid dienone is 1. The molecular formula is C14H19NO3. The summed E-state index contributed by atoms with van der Waals surface area (Å²) in [6.45, 7) is 6.12. The third-order valence-electron chi connectivity index (χ3n) is 3.28.